The van der Waals surface area contributed by atoms with Crippen LogP contribution in [-0.4, -0.2) is 37.0 Å². The van der Waals surface area contributed by atoms with Gasteiger partial charge in [0.1, 0.15) is 6.54 Å². The highest BCUT2D eigenvalue weighted by atomic mass is 35.5. The number of nitrogens with one attached hydrogen (secondary N) is 2. The van der Waals surface area contributed by atoms with Gasteiger partial charge in [-0.3, -0.25) is 14.5 Å². The Balaban J connectivity index is 1.77. The zero-order valence-electron chi connectivity index (χ0n) is 19.1. The molecule has 0 unspecified atom stereocenters. The third-order valence-electron chi connectivity index (χ3n) is 4.99. The van der Waals surface area contributed by atoms with E-state index in [0.29, 0.717) is 16.4 Å². The van der Waals surface area contributed by atoms with Gasteiger partial charge in [-0.1, -0.05) is 60.1 Å². The minimum atomic E-state index is -0.530. The predicted octanol–water partition coefficient (Wildman–Crippen LogP) is 4.94. The molecule has 4 amide bonds. The van der Waals surface area contributed by atoms with Gasteiger partial charge in [0.2, 0.25) is 11.8 Å². The van der Waals surface area contributed by atoms with Gasteiger partial charge >= 0.3 is 6.03 Å². The molecule has 0 aliphatic carbocycles. The summed E-state index contributed by atoms with van der Waals surface area (Å²) < 4.78 is 0. The third kappa shape index (κ3) is 6.59. The van der Waals surface area contributed by atoms with Gasteiger partial charge in [0, 0.05) is 17.4 Å². The Labute approximate surface area is 204 Å². The topological polar surface area (TPSA) is 81.8 Å². The standard InChI is InChI=1S/C26H27ClN4O3/c1-19(2)31(21-13-7-4-8-14-21)25(33)18-30(23-16-10-9-15-22(23)27)24(32)17-28-26(34)29-20-11-5-3-6-12-20/h3-16,19H,17-18H2,1-2H3,(H2,28,29,34). The Morgan fingerprint density at radius 1 is 0.824 bits per heavy atom. The molecule has 0 saturated carbocycles. The maximum absolute atomic E-state index is 13.4. The molecule has 176 valence electrons. The van der Waals surface area contributed by atoms with Crippen molar-refractivity contribution in [3.05, 3.63) is 90.0 Å². The van der Waals surface area contributed by atoms with Crippen molar-refractivity contribution in [2.75, 3.05) is 28.2 Å². The van der Waals surface area contributed by atoms with E-state index in [-0.39, 0.29) is 25.0 Å². The minimum Gasteiger partial charge on any atom is -0.329 e. The fraction of sp³-hybridized carbons (Fsp3) is 0.192. The van der Waals surface area contributed by atoms with Crippen LogP contribution in [0.25, 0.3) is 0 Å². The number of hydrogen-bond donors (Lipinski definition) is 2. The molecular formula is C26H27ClN4O3. The number of nitrogens with zero attached hydrogens (tertiary/aromatic N) is 2. The second-order valence-electron chi connectivity index (χ2n) is 7.80. The highest BCUT2D eigenvalue weighted by molar-refractivity contribution is 6.34. The average molecular weight is 479 g/mol. The van der Waals surface area contributed by atoms with E-state index in [1.807, 2.05) is 50.2 Å². The van der Waals surface area contributed by atoms with Gasteiger partial charge in [-0.15, -0.1) is 0 Å². The van der Waals surface area contributed by atoms with E-state index >= 15 is 0 Å². The zero-order valence-corrected chi connectivity index (χ0v) is 19.8. The molecule has 0 atom stereocenters. The zero-order chi connectivity index (χ0) is 24.5. The number of hydrogen-bond acceptors (Lipinski definition) is 3. The molecule has 0 aromatic heterocycles. The predicted molar refractivity (Wildman–Crippen MR) is 136 cm³/mol. The second kappa shape index (κ2) is 11.9. The molecule has 3 aromatic rings. The lowest BCUT2D eigenvalue weighted by atomic mass is 10.2. The van der Waals surface area contributed by atoms with E-state index in [9.17, 15) is 14.4 Å². The van der Waals surface area contributed by atoms with Crippen LogP contribution in [0.3, 0.4) is 0 Å². The molecule has 0 bridgehead atoms. The van der Waals surface area contributed by atoms with Crippen LogP contribution in [-0.2, 0) is 9.59 Å². The van der Waals surface area contributed by atoms with Crippen molar-refractivity contribution >= 4 is 46.5 Å². The first-order valence-electron chi connectivity index (χ1n) is 10.9. The lowest BCUT2D eigenvalue weighted by Crippen LogP contribution is -2.48. The van der Waals surface area contributed by atoms with Crippen LogP contribution >= 0.6 is 11.6 Å². The number of amides is 4. The molecule has 0 heterocycles. The number of carbonyl (C=O) groups excluding carboxylic acids is 3. The van der Waals surface area contributed by atoms with Gasteiger partial charge in [0.05, 0.1) is 17.3 Å². The Kier molecular flexibility index (Phi) is 8.65. The maximum atomic E-state index is 13.4. The number of urea groups is 1. The van der Waals surface area contributed by atoms with Crippen LogP contribution in [0.5, 0.6) is 0 Å². The summed E-state index contributed by atoms with van der Waals surface area (Å²) in [6.07, 6.45) is 0. The smallest absolute Gasteiger partial charge is 0.319 e. The lowest BCUT2D eigenvalue weighted by molar-refractivity contribution is -0.122. The van der Waals surface area contributed by atoms with Gasteiger partial charge < -0.3 is 15.5 Å². The summed E-state index contributed by atoms with van der Waals surface area (Å²) in [5, 5.41) is 5.54. The van der Waals surface area contributed by atoms with Crippen molar-refractivity contribution in [2.45, 2.75) is 19.9 Å². The van der Waals surface area contributed by atoms with Gasteiger partial charge in [-0.25, -0.2) is 4.79 Å². The molecule has 0 spiro atoms. The largest absolute Gasteiger partial charge is 0.329 e. The van der Waals surface area contributed by atoms with E-state index in [2.05, 4.69) is 10.6 Å². The number of carbonyl (C=O) groups is 3. The Hall–Kier alpha value is -3.84. The highest BCUT2D eigenvalue weighted by Crippen LogP contribution is 2.26. The maximum Gasteiger partial charge on any atom is 0.319 e. The molecule has 8 heteroatoms. The summed E-state index contributed by atoms with van der Waals surface area (Å²) in [5.41, 5.74) is 1.72. The molecule has 0 radical (unpaired) electrons. The van der Waals surface area contributed by atoms with Crippen LogP contribution in [0.15, 0.2) is 84.9 Å². The molecule has 0 aliphatic heterocycles. The fourth-order valence-electron chi connectivity index (χ4n) is 3.46. The molecule has 3 aromatic carbocycles. The Morgan fingerprint density at radius 3 is 2.03 bits per heavy atom. The molecule has 2 N–H and O–H groups in total. The second-order valence-corrected chi connectivity index (χ2v) is 8.21. The molecule has 3 rings (SSSR count). The van der Waals surface area contributed by atoms with Crippen molar-refractivity contribution in [1.82, 2.24) is 5.32 Å². The number of benzene rings is 3. The Bertz CT molecular complexity index is 1120. The molecule has 0 aliphatic rings. The SMILES string of the molecule is CC(C)N(C(=O)CN(C(=O)CNC(=O)Nc1ccccc1)c1ccccc1Cl)c1ccccc1. The number of halogens is 1. The van der Waals surface area contributed by atoms with E-state index < -0.39 is 11.9 Å². The van der Waals surface area contributed by atoms with Crippen molar-refractivity contribution in [2.24, 2.45) is 0 Å². The average Bonchev–Trinajstić information content (AvgIpc) is 2.83. The first-order valence-corrected chi connectivity index (χ1v) is 11.3. The molecular weight excluding hydrogens is 452 g/mol. The normalized spacial score (nSPS) is 10.5. The van der Waals surface area contributed by atoms with Gasteiger partial charge in [-0.2, -0.15) is 0 Å². The van der Waals surface area contributed by atoms with E-state index in [1.165, 1.54) is 4.90 Å². The quantitative estimate of drug-likeness (QED) is 0.481. The minimum absolute atomic E-state index is 0.132. The van der Waals surface area contributed by atoms with Gasteiger partial charge in [0.25, 0.3) is 0 Å². The summed E-state index contributed by atoms with van der Waals surface area (Å²) >= 11 is 6.36. The summed E-state index contributed by atoms with van der Waals surface area (Å²) in [5.74, 6) is -0.746. The molecule has 7 nitrogen and oxygen atoms in total. The fourth-order valence-corrected chi connectivity index (χ4v) is 3.69. The summed E-state index contributed by atoms with van der Waals surface area (Å²) in [7, 11) is 0. The Morgan fingerprint density at radius 2 is 1.41 bits per heavy atom. The number of para-hydroxylation sites is 3. The van der Waals surface area contributed by atoms with Crippen molar-refractivity contribution < 1.29 is 14.4 Å². The number of rotatable bonds is 8. The summed E-state index contributed by atoms with van der Waals surface area (Å²) in [6, 6.07) is 24.3. The van der Waals surface area contributed by atoms with Gasteiger partial charge in [-0.05, 0) is 50.2 Å². The van der Waals surface area contributed by atoms with Crippen molar-refractivity contribution in [1.29, 1.82) is 0 Å². The first kappa shape index (κ1) is 24.8. The van der Waals surface area contributed by atoms with Crippen LogP contribution in [0.1, 0.15) is 13.8 Å². The number of anilines is 3. The molecule has 34 heavy (non-hydrogen) atoms. The van der Waals surface area contributed by atoms with E-state index in [0.717, 1.165) is 5.69 Å². The van der Waals surface area contributed by atoms with Crippen LogP contribution in [0, 0.1) is 0 Å². The third-order valence-corrected chi connectivity index (χ3v) is 5.31. The van der Waals surface area contributed by atoms with Crippen LogP contribution < -0.4 is 20.4 Å². The highest BCUT2D eigenvalue weighted by Gasteiger charge is 2.26. The first-order chi connectivity index (χ1) is 16.4. The van der Waals surface area contributed by atoms with Gasteiger partial charge in [0.15, 0.2) is 0 Å². The lowest BCUT2D eigenvalue weighted by Gasteiger charge is -2.31. The van der Waals surface area contributed by atoms with Crippen LogP contribution in [0.2, 0.25) is 5.02 Å². The molecule has 0 fully saturated rings. The van der Waals surface area contributed by atoms with Crippen LogP contribution in [0.4, 0.5) is 21.9 Å². The van der Waals surface area contributed by atoms with E-state index in [4.69, 9.17) is 11.6 Å². The van der Waals surface area contributed by atoms with Crippen molar-refractivity contribution in [3.8, 4) is 0 Å². The monoisotopic (exact) mass is 478 g/mol. The summed E-state index contributed by atoms with van der Waals surface area (Å²) in [6.45, 7) is 3.26. The van der Waals surface area contributed by atoms with Crippen molar-refractivity contribution in [3.63, 3.8) is 0 Å². The molecule has 0 saturated heterocycles. The van der Waals surface area contributed by atoms with E-state index in [1.54, 1.807) is 53.4 Å². The summed E-state index contributed by atoms with van der Waals surface area (Å²) in [4.78, 5) is 41.7.